The summed E-state index contributed by atoms with van der Waals surface area (Å²) in [5.41, 5.74) is 2.51. The van der Waals surface area contributed by atoms with Crippen LogP contribution in [0.1, 0.15) is 64.9 Å². The Balaban J connectivity index is 1.53. The lowest BCUT2D eigenvalue weighted by molar-refractivity contribution is -0.118. The summed E-state index contributed by atoms with van der Waals surface area (Å²) in [5.74, 6) is 2.27. The third-order valence-electron chi connectivity index (χ3n) is 6.87. The van der Waals surface area contributed by atoms with Crippen LogP contribution in [0, 0.1) is 16.7 Å². The Morgan fingerprint density at radius 3 is 2.38 bits per heavy atom. The van der Waals surface area contributed by atoms with Gasteiger partial charge in [0.2, 0.25) is 0 Å². The van der Waals surface area contributed by atoms with Crippen molar-refractivity contribution in [3.05, 3.63) is 22.7 Å². The van der Waals surface area contributed by atoms with Gasteiger partial charge < -0.3 is 14.8 Å². The molecule has 0 saturated heterocycles. The number of hydrogen-bond donors (Lipinski definition) is 1. The van der Waals surface area contributed by atoms with Gasteiger partial charge >= 0.3 is 0 Å². The lowest BCUT2D eigenvalue weighted by Gasteiger charge is -2.65. The summed E-state index contributed by atoms with van der Waals surface area (Å²) in [4.78, 5) is 0. The van der Waals surface area contributed by atoms with Gasteiger partial charge in [0, 0.05) is 12.1 Å². The summed E-state index contributed by atoms with van der Waals surface area (Å²) in [5, 5.41) is 4.60. The monoisotopic (exact) mass is 377 g/mol. The summed E-state index contributed by atoms with van der Waals surface area (Å²) >= 11 is 6.46. The smallest absolute Gasteiger partial charge is 0.179 e. The van der Waals surface area contributed by atoms with E-state index in [2.05, 4.69) is 25.2 Å². The molecule has 4 saturated carbocycles. The van der Waals surface area contributed by atoms with Crippen molar-refractivity contribution in [2.45, 2.75) is 71.4 Å². The van der Waals surface area contributed by atoms with Crippen LogP contribution in [0.3, 0.4) is 0 Å². The zero-order valence-corrected chi connectivity index (χ0v) is 17.3. The summed E-state index contributed by atoms with van der Waals surface area (Å²) < 4.78 is 11.2. The largest absolute Gasteiger partial charge is 0.493 e. The molecule has 26 heavy (non-hydrogen) atoms. The molecule has 0 radical (unpaired) electrons. The van der Waals surface area contributed by atoms with E-state index in [1.54, 1.807) is 7.11 Å². The first-order chi connectivity index (χ1) is 12.3. The molecular formula is C22H32ClNO2. The van der Waals surface area contributed by atoms with E-state index in [-0.39, 0.29) is 0 Å². The van der Waals surface area contributed by atoms with E-state index >= 15 is 0 Å². The Kier molecular flexibility index (Phi) is 4.47. The van der Waals surface area contributed by atoms with Gasteiger partial charge in [-0.15, -0.1) is 0 Å². The molecule has 3 nitrogen and oxygen atoms in total. The SMILES string of the molecule is CCOc1c(Cl)cc(CNC23CC4C[C@@](C)(C2)C[C@](C)(C4)C3)cc1OC. The van der Waals surface area contributed by atoms with Crippen molar-refractivity contribution < 1.29 is 9.47 Å². The Morgan fingerprint density at radius 1 is 1.12 bits per heavy atom. The van der Waals surface area contributed by atoms with Crippen LogP contribution in [0.15, 0.2) is 12.1 Å². The number of benzene rings is 1. The van der Waals surface area contributed by atoms with E-state index in [0.29, 0.717) is 33.7 Å². The fourth-order valence-electron chi connectivity index (χ4n) is 7.09. The highest BCUT2D eigenvalue weighted by atomic mass is 35.5. The van der Waals surface area contributed by atoms with Gasteiger partial charge in [0.05, 0.1) is 18.7 Å². The highest BCUT2D eigenvalue weighted by Gasteiger charge is 2.59. The minimum Gasteiger partial charge on any atom is -0.493 e. The van der Waals surface area contributed by atoms with Gasteiger partial charge in [-0.2, -0.15) is 0 Å². The second kappa shape index (κ2) is 6.31. The zero-order valence-electron chi connectivity index (χ0n) is 16.6. The predicted octanol–water partition coefficient (Wildman–Crippen LogP) is 5.59. The van der Waals surface area contributed by atoms with Crippen LogP contribution in [0.25, 0.3) is 0 Å². The minimum absolute atomic E-state index is 0.293. The van der Waals surface area contributed by atoms with E-state index in [1.165, 1.54) is 44.1 Å². The van der Waals surface area contributed by atoms with Crippen LogP contribution in [0.5, 0.6) is 11.5 Å². The molecule has 4 fully saturated rings. The first kappa shape index (κ1) is 18.4. The highest BCUT2D eigenvalue weighted by molar-refractivity contribution is 6.32. The Labute approximate surface area is 162 Å². The van der Waals surface area contributed by atoms with Crippen molar-refractivity contribution in [2.75, 3.05) is 13.7 Å². The molecule has 4 aliphatic rings. The molecule has 0 amide bonds. The Bertz CT molecular complexity index is 686. The average Bonchev–Trinajstić information content (AvgIpc) is 2.51. The maximum Gasteiger partial charge on any atom is 0.179 e. The number of halogens is 1. The van der Waals surface area contributed by atoms with Crippen molar-refractivity contribution in [1.82, 2.24) is 5.32 Å². The molecule has 0 aliphatic heterocycles. The van der Waals surface area contributed by atoms with Gasteiger partial charge in [-0.25, -0.2) is 0 Å². The molecular weight excluding hydrogens is 346 g/mol. The number of rotatable bonds is 6. The maximum atomic E-state index is 6.46. The van der Waals surface area contributed by atoms with Crippen LogP contribution in [-0.2, 0) is 6.54 Å². The van der Waals surface area contributed by atoms with Gasteiger partial charge in [-0.3, -0.25) is 0 Å². The summed E-state index contributed by atoms with van der Waals surface area (Å²) in [7, 11) is 1.67. The van der Waals surface area contributed by atoms with E-state index in [1.807, 2.05) is 13.0 Å². The van der Waals surface area contributed by atoms with E-state index in [9.17, 15) is 0 Å². The van der Waals surface area contributed by atoms with Gasteiger partial charge in [0.25, 0.3) is 0 Å². The molecule has 1 aromatic rings. The Hall–Kier alpha value is -0.930. The molecule has 0 heterocycles. The molecule has 2 unspecified atom stereocenters. The third kappa shape index (κ3) is 3.22. The van der Waals surface area contributed by atoms with Crippen molar-refractivity contribution in [3.63, 3.8) is 0 Å². The molecule has 0 aromatic heterocycles. The fourth-order valence-corrected chi connectivity index (χ4v) is 7.38. The molecule has 4 aliphatic carbocycles. The van der Waals surface area contributed by atoms with Crippen LogP contribution in [-0.4, -0.2) is 19.3 Å². The topological polar surface area (TPSA) is 30.5 Å². The van der Waals surface area contributed by atoms with Crippen LogP contribution in [0.4, 0.5) is 0 Å². The van der Waals surface area contributed by atoms with Gasteiger partial charge in [-0.1, -0.05) is 25.4 Å². The van der Waals surface area contributed by atoms with Crippen LogP contribution >= 0.6 is 11.6 Å². The second-order valence-electron chi connectivity index (χ2n) is 9.81. The van der Waals surface area contributed by atoms with Crippen molar-refractivity contribution in [2.24, 2.45) is 16.7 Å². The van der Waals surface area contributed by atoms with Crippen molar-refractivity contribution in [1.29, 1.82) is 0 Å². The summed E-state index contributed by atoms with van der Waals surface area (Å²) in [6, 6.07) is 4.08. The van der Waals surface area contributed by atoms with Gasteiger partial charge in [0.15, 0.2) is 11.5 Å². The van der Waals surface area contributed by atoms with E-state index < -0.39 is 0 Å². The summed E-state index contributed by atoms with van der Waals surface area (Å²) in [6.07, 6.45) is 8.22. The van der Waals surface area contributed by atoms with Gasteiger partial charge in [-0.05, 0) is 79.9 Å². The molecule has 0 spiro atoms. The van der Waals surface area contributed by atoms with Crippen LogP contribution < -0.4 is 14.8 Å². The molecule has 4 atom stereocenters. The van der Waals surface area contributed by atoms with E-state index in [0.717, 1.165) is 18.2 Å². The Morgan fingerprint density at radius 2 is 1.81 bits per heavy atom. The quantitative estimate of drug-likeness (QED) is 0.701. The molecule has 1 N–H and O–H groups in total. The first-order valence-electron chi connectivity index (χ1n) is 10.0. The fraction of sp³-hybridized carbons (Fsp3) is 0.727. The zero-order chi connectivity index (χ0) is 18.6. The first-order valence-corrected chi connectivity index (χ1v) is 10.4. The molecule has 1 aromatic carbocycles. The molecule has 144 valence electrons. The normalized spacial score (nSPS) is 37.8. The summed E-state index contributed by atoms with van der Waals surface area (Å²) in [6.45, 7) is 8.40. The van der Waals surface area contributed by atoms with Gasteiger partial charge in [0.1, 0.15) is 0 Å². The molecule has 4 heteroatoms. The second-order valence-corrected chi connectivity index (χ2v) is 10.2. The van der Waals surface area contributed by atoms with Crippen LogP contribution in [0.2, 0.25) is 5.02 Å². The highest BCUT2D eigenvalue weighted by Crippen LogP contribution is 2.66. The van der Waals surface area contributed by atoms with E-state index in [4.69, 9.17) is 21.1 Å². The standard InChI is InChI=1S/C22H32ClNO2/c1-5-26-19-17(23)6-15(7-18(19)25-4)11-24-22-10-16-8-20(2,13-22)12-21(3,9-16)14-22/h6-7,16,24H,5,8-14H2,1-4H3/t16?,20-,21+,22?. The minimum atomic E-state index is 0.293. The number of hydrogen-bond acceptors (Lipinski definition) is 3. The molecule has 5 rings (SSSR count). The number of ether oxygens (including phenoxy) is 2. The molecule has 4 bridgehead atoms. The number of nitrogens with one attached hydrogen (secondary N) is 1. The predicted molar refractivity (Wildman–Crippen MR) is 106 cm³/mol. The van der Waals surface area contributed by atoms with Crippen molar-refractivity contribution >= 4 is 11.6 Å². The average molecular weight is 378 g/mol. The number of methoxy groups -OCH3 is 1. The third-order valence-corrected chi connectivity index (χ3v) is 7.15. The maximum absolute atomic E-state index is 6.46. The lowest BCUT2D eigenvalue weighted by atomic mass is 9.43. The van der Waals surface area contributed by atoms with Crippen molar-refractivity contribution in [3.8, 4) is 11.5 Å². The lowest BCUT2D eigenvalue weighted by Crippen LogP contribution is -2.63.